The van der Waals surface area contributed by atoms with Crippen molar-refractivity contribution in [2.45, 2.75) is 52.4 Å². The first kappa shape index (κ1) is 13.8. The van der Waals surface area contributed by atoms with Gasteiger partial charge in [-0.15, -0.1) is 0 Å². The smallest absolute Gasteiger partial charge is 0.150 e. The molecule has 94 valence electrons. The molecular formula is C15H22O2. The molecule has 0 spiro atoms. The van der Waals surface area contributed by atoms with E-state index >= 15 is 0 Å². The molecule has 0 amide bonds. The maximum atomic E-state index is 10.9. The minimum absolute atomic E-state index is 0.400. The number of phenols is 1. The molecule has 1 N–H and O–H groups in total. The zero-order valence-electron chi connectivity index (χ0n) is 10.8. The van der Waals surface area contributed by atoms with Crippen LogP contribution in [-0.4, -0.2) is 11.4 Å². The van der Waals surface area contributed by atoms with Crippen molar-refractivity contribution in [3.8, 4) is 5.75 Å². The highest BCUT2D eigenvalue weighted by atomic mass is 16.3. The first-order chi connectivity index (χ1) is 8.22. The number of hydrogen-bond acceptors (Lipinski definition) is 2. The van der Waals surface area contributed by atoms with Gasteiger partial charge in [0, 0.05) is 5.56 Å². The molecule has 2 nitrogen and oxygen atoms in total. The lowest BCUT2D eigenvalue weighted by atomic mass is 9.97. The van der Waals surface area contributed by atoms with Crippen molar-refractivity contribution >= 4 is 6.29 Å². The van der Waals surface area contributed by atoms with E-state index in [1.165, 1.54) is 0 Å². The van der Waals surface area contributed by atoms with E-state index in [1.54, 1.807) is 0 Å². The standard InChI is InChI=1S/C15H22O2/c1-3-5-7-13-9-12(11-16)10-14(15(13)17)8-6-4-2/h9-11,17H,3-8H2,1-2H3. The summed E-state index contributed by atoms with van der Waals surface area (Å²) in [6.45, 7) is 4.25. The summed E-state index contributed by atoms with van der Waals surface area (Å²) in [6, 6.07) is 3.63. The lowest BCUT2D eigenvalue weighted by Crippen LogP contribution is -1.95. The summed E-state index contributed by atoms with van der Waals surface area (Å²) in [5, 5.41) is 10.1. The lowest BCUT2D eigenvalue weighted by Gasteiger charge is -2.10. The Hall–Kier alpha value is -1.31. The highest BCUT2D eigenvalue weighted by Crippen LogP contribution is 2.27. The molecule has 0 aliphatic heterocycles. The second-order valence-electron chi connectivity index (χ2n) is 4.51. The van der Waals surface area contributed by atoms with Crippen molar-refractivity contribution in [3.05, 3.63) is 28.8 Å². The molecule has 0 aliphatic rings. The van der Waals surface area contributed by atoms with E-state index < -0.39 is 0 Å². The average molecular weight is 234 g/mol. The largest absolute Gasteiger partial charge is 0.507 e. The van der Waals surface area contributed by atoms with Gasteiger partial charge in [-0.05, 0) is 48.9 Å². The van der Waals surface area contributed by atoms with Gasteiger partial charge in [0.2, 0.25) is 0 Å². The SMILES string of the molecule is CCCCc1cc(C=O)cc(CCCC)c1O. The summed E-state index contributed by atoms with van der Waals surface area (Å²) in [7, 11) is 0. The lowest BCUT2D eigenvalue weighted by molar-refractivity contribution is 0.112. The van der Waals surface area contributed by atoms with Gasteiger partial charge in [-0.2, -0.15) is 0 Å². The van der Waals surface area contributed by atoms with Crippen LogP contribution in [0.15, 0.2) is 12.1 Å². The molecule has 1 rings (SSSR count). The number of aldehydes is 1. The molecule has 0 unspecified atom stereocenters. The molecule has 0 aromatic heterocycles. The zero-order valence-corrected chi connectivity index (χ0v) is 10.8. The molecule has 0 fully saturated rings. The number of carbonyl (C=O) groups excluding carboxylic acids is 1. The summed E-state index contributed by atoms with van der Waals surface area (Å²) in [6.07, 6.45) is 6.84. The molecule has 0 bridgehead atoms. The van der Waals surface area contributed by atoms with Gasteiger partial charge in [0.15, 0.2) is 0 Å². The van der Waals surface area contributed by atoms with Crippen molar-refractivity contribution in [1.29, 1.82) is 0 Å². The Morgan fingerprint density at radius 1 is 1.06 bits per heavy atom. The van der Waals surface area contributed by atoms with E-state index in [0.29, 0.717) is 11.3 Å². The fraction of sp³-hybridized carbons (Fsp3) is 0.533. The number of aromatic hydroxyl groups is 1. The summed E-state index contributed by atoms with van der Waals surface area (Å²) in [5.74, 6) is 0.400. The van der Waals surface area contributed by atoms with Crippen LogP contribution in [-0.2, 0) is 12.8 Å². The van der Waals surface area contributed by atoms with Crippen LogP contribution >= 0.6 is 0 Å². The van der Waals surface area contributed by atoms with Crippen molar-refractivity contribution in [1.82, 2.24) is 0 Å². The van der Waals surface area contributed by atoms with Gasteiger partial charge in [-0.1, -0.05) is 26.7 Å². The van der Waals surface area contributed by atoms with E-state index in [9.17, 15) is 9.90 Å². The van der Waals surface area contributed by atoms with Crippen LogP contribution in [0.2, 0.25) is 0 Å². The Kier molecular flexibility index (Phi) is 5.75. The van der Waals surface area contributed by atoms with Gasteiger partial charge in [-0.25, -0.2) is 0 Å². The molecule has 2 heteroatoms. The molecule has 17 heavy (non-hydrogen) atoms. The van der Waals surface area contributed by atoms with Gasteiger partial charge >= 0.3 is 0 Å². The Balaban J connectivity index is 2.98. The molecule has 0 atom stereocenters. The van der Waals surface area contributed by atoms with Gasteiger partial charge in [0.25, 0.3) is 0 Å². The first-order valence-electron chi connectivity index (χ1n) is 6.52. The normalized spacial score (nSPS) is 10.5. The van der Waals surface area contributed by atoms with Crippen molar-refractivity contribution < 1.29 is 9.90 Å². The third-order valence-electron chi connectivity index (χ3n) is 3.03. The van der Waals surface area contributed by atoms with Gasteiger partial charge in [-0.3, -0.25) is 4.79 Å². The number of hydrogen-bond donors (Lipinski definition) is 1. The molecular weight excluding hydrogens is 212 g/mol. The molecule has 0 radical (unpaired) electrons. The number of aryl methyl sites for hydroxylation is 2. The molecule has 1 aromatic rings. The van der Waals surface area contributed by atoms with Crippen LogP contribution in [0.5, 0.6) is 5.75 Å². The fourth-order valence-electron chi connectivity index (χ4n) is 1.97. The summed E-state index contributed by atoms with van der Waals surface area (Å²) >= 11 is 0. The van der Waals surface area contributed by atoms with Gasteiger partial charge in [0.05, 0.1) is 0 Å². The third-order valence-corrected chi connectivity index (χ3v) is 3.03. The van der Waals surface area contributed by atoms with Gasteiger partial charge < -0.3 is 5.11 Å². The predicted molar refractivity (Wildman–Crippen MR) is 70.7 cm³/mol. The van der Waals surface area contributed by atoms with Crippen LogP contribution in [0, 0.1) is 0 Å². The minimum Gasteiger partial charge on any atom is -0.507 e. The number of carbonyl (C=O) groups is 1. The van der Waals surface area contributed by atoms with Crippen LogP contribution in [0.4, 0.5) is 0 Å². The minimum atomic E-state index is 0.400. The van der Waals surface area contributed by atoms with E-state index in [-0.39, 0.29) is 0 Å². The Bertz CT molecular complexity index is 340. The number of phenolic OH excluding ortho intramolecular Hbond substituents is 1. The summed E-state index contributed by atoms with van der Waals surface area (Å²) in [4.78, 5) is 10.9. The van der Waals surface area contributed by atoms with E-state index in [0.717, 1.165) is 55.9 Å². The van der Waals surface area contributed by atoms with Crippen LogP contribution in [0.25, 0.3) is 0 Å². The Morgan fingerprint density at radius 3 is 1.88 bits per heavy atom. The molecule has 0 saturated heterocycles. The highest BCUT2D eigenvalue weighted by molar-refractivity contribution is 5.76. The van der Waals surface area contributed by atoms with Gasteiger partial charge in [0.1, 0.15) is 12.0 Å². The van der Waals surface area contributed by atoms with Crippen molar-refractivity contribution in [2.75, 3.05) is 0 Å². The quantitative estimate of drug-likeness (QED) is 0.727. The summed E-state index contributed by atoms with van der Waals surface area (Å²) in [5.41, 5.74) is 2.52. The number of rotatable bonds is 7. The molecule has 0 saturated carbocycles. The highest BCUT2D eigenvalue weighted by Gasteiger charge is 2.09. The Labute approximate surface area is 104 Å². The van der Waals surface area contributed by atoms with E-state index in [2.05, 4.69) is 13.8 Å². The van der Waals surface area contributed by atoms with E-state index in [1.807, 2.05) is 12.1 Å². The fourth-order valence-corrected chi connectivity index (χ4v) is 1.97. The second kappa shape index (κ2) is 7.10. The van der Waals surface area contributed by atoms with Crippen LogP contribution in [0.3, 0.4) is 0 Å². The average Bonchev–Trinajstić information content (AvgIpc) is 2.36. The molecule has 1 aromatic carbocycles. The van der Waals surface area contributed by atoms with Crippen LogP contribution in [0.1, 0.15) is 61.0 Å². The predicted octanol–water partition coefficient (Wildman–Crippen LogP) is 3.89. The molecule has 0 aliphatic carbocycles. The van der Waals surface area contributed by atoms with Crippen molar-refractivity contribution in [3.63, 3.8) is 0 Å². The summed E-state index contributed by atoms with van der Waals surface area (Å²) < 4.78 is 0. The monoisotopic (exact) mass is 234 g/mol. The zero-order chi connectivity index (χ0) is 12.7. The number of benzene rings is 1. The molecule has 0 heterocycles. The van der Waals surface area contributed by atoms with Crippen LogP contribution < -0.4 is 0 Å². The first-order valence-corrected chi connectivity index (χ1v) is 6.52. The topological polar surface area (TPSA) is 37.3 Å². The maximum Gasteiger partial charge on any atom is 0.150 e. The number of unbranched alkanes of at least 4 members (excludes halogenated alkanes) is 2. The van der Waals surface area contributed by atoms with E-state index in [4.69, 9.17) is 0 Å². The Morgan fingerprint density at radius 2 is 1.53 bits per heavy atom. The maximum absolute atomic E-state index is 10.9. The van der Waals surface area contributed by atoms with Crippen molar-refractivity contribution in [2.24, 2.45) is 0 Å². The third kappa shape index (κ3) is 3.88. The second-order valence-corrected chi connectivity index (χ2v) is 4.51.